The van der Waals surface area contributed by atoms with Gasteiger partial charge in [-0.05, 0) is 33.6 Å². The zero-order valence-electron chi connectivity index (χ0n) is 12.5. The summed E-state index contributed by atoms with van der Waals surface area (Å²) in [6, 6.07) is 0. The van der Waals surface area contributed by atoms with E-state index in [0.29, 0.717) is 26.0 Å². The van der Waals surface area contributed by atoms with Crippen molar-refractivity contribution < 1.29 is 22.7 Å². The van der Waals surface area contributed by atoms with E-state index in [-0.39, 0.29) is 18.4 Å². The molecule has 116 valence electrons. The second kappa shape index (κ2) is 6.11. The van der Waals surface area contributed by atoms with Gasteiger partial charge in [0.25, 0.3) is 0 Å². The Kier molecular flexibility index (Phi) is 5.18. The van der Waals surface area contributed by atoms with Crippen molar-refractivity contribution >= 4 is 21.7 Å². The molecular weight excluding hydrogens is 282 g/mol. The smallest absolute Gasteiger partial charge is 0.310 e. The Balaban J connectivity index is 2.82. The quantitative estimate of drug-likeness (QED) is 0.711. The van der Waals surface area contributed by atoms with E-state index < -0.39 is 20.5 Å². The third kappa shape index (κ3) is 3.50. The Morgan fingerprint density at radius 3 is 2.45 bits per heavy atom. The fourth-order valence-electron chi connectivity index (χ4n) is 2.15. The molecule has 1 amide bonds. The molecule has 0 saturated carbocycles. The summed E-state index contributed by atoms with van der Waals surface area (Å²) in [5, 5.41) is 0. The van der Waals surface area contributed by atoms with E-state index in [9.17, 15) is 18.0 Å². The lowest BCUT2D eigenvalue weighted by Crippen LogP contribution is -2.53. The summed E-state index contributed by atoms with van der Waals surface area (Å²) < 4.78 is 26.9. The van der Waals surface area contributed by atoms with Crippen molar-refractivity contribution in [1.82, 2.24) is 4.90 Å². The number of carbonyl (C=O) groups is 2. The van der Waals surface area contributed by atoms with Crippen LogP contribution in [0.1, 0.15) is 33.6 Å². The maximum Gasteiger partial charge on any atom is 0.310 e. The second-order valence-corrected chi connectivity index (χ2v) is 8.19. The monoisotopic (exact) mass is 305 g/mol. The fourth-order valence-corrected chi connectivity index (χ4v) is 2.60. The van der Waals surface area contributed by atoms with E-state index in [0.717, 1.165) is 6.26 Å². The zero-order chi connectivity index (χ0) is 15.6. The molecule has 0 radical (unpaired) electrons. The minimum Gasteiger partial charge on any atom is -0.466 e. The van der Waals surface area contributed by atoms with Gasteiger partial charge in [-0.15, -0.1) is 0 Å². The molecule has 0 spiro atoms. The highest BCUT2D eigenvalue weighted by Crippen LogP contribution is 2.24. The van der Waals surface area contributed by atoms with Gasteiger partial charge in [-0.2, -0.15) is 0 Å². The van der Waals surface area contributed by atoms with Crippen LogP contribution in [0, 0.1) is 5.92 Å². The molecule has 0 aromatic carbocycles. The van der Waals surface area contributed by atoms with Crippen molar-refractivity contribution in [2.24, 2.45) is 5.92 Å². The van der Waals surface area contributed by atoms with Gasteiger partial charge in [-0.1, -0.05) is 0 Å². The molecule has 0 aromatic rings. The number of ether oxygens (including phenoxy) is 1. The summed E-state index contributed by atoms with van der Waals surface area (Å²) in [5.41, 5.74) is 0. The number of likely N-dealkylation sites (tertiary alicyclic amines) is 1. The van der Waals surface area contributed by atoms with E-state index in [2.05, 4.69) is 0 Å². The lowest BCUT2D eigenvalue weighted by molar-refractivity contribution is -0.151. The second-order valence-electron chi connectivity index (χ2n) is 5.62. The van der Waals surface area contributed by atoms with Gasteiger partial charge in [0.15, 0.2) is 9.84 Å². The normalized spacial score (nSPS) is 20.6. The van der Waals surface area contributed by atoms with Crippen LogP contribution in [-0.4, -0.2) is 55.9 Å². The van der Waals surface area contributed by atoms with Crippen LogP contribution in [0.4, 0.5) is 0 Å². The summed E-state index contributed by atoms with van der Waals surface area (Å²) in [5.74, 6) is -1.13. The number of esters is 1. The van der Waals surface area contributed by atoms with Crippen LogP contribution in [0.5, 0.6) is 0 Å². The third-order valence-corrected chi connectivity index (χ3v) is 5.80. The fraction of sp³-hybridized carbons (Fsp3) is 0.846. The van der Waals surface area contributed by atoms with Crippen molar-refractivity contribution in [3.63, 3.8) is 0 Å². The van der Waals surface area contributed by atoms with Gasteiger partial charge in [0.2, 0.25) is 5.91 Å². The molecule has 1 rings (SSSR count). The third-order valence-electron chi connectivity index (χ3n) is 3.77. The molecule has 0 aliphatic carbocycles. The summed E-state index contributed by atoms with van der Waals surface area (Å²) in [6.45, 7) is 5.55. The molecule has 1 aliphatic rings. The number of piperidine rings is 1. The van der Waals surface area contributed by atoms with Crippen molar-refractivity contribution in [2.45, 2.75) is 38.4 Å². The van der Waals surface area contributed by atoms with Gasteiger partial charge in [0.05, 0.1) is 12.5 Å². The molecule has 0 bridgehead atoms. The van der Waals surface area contributed by atoms with Crippen LogP contribution in [0.25, 0.3) is 0 Å². The molecule has 1 aliphatic heterocycles. The van der Waals surface area contributed by atoms with Crippen LogP contribution in [0.2, 0.25) is 0 Å². The lowest BCUT2D eigenvalue weighted by Gasteiger charge is -2.36. The molecule has 0 aromatic heterocycles. The molecule has 1 fully saturated rings. The molecule has 0 N–H and O–H groups in total. The number of carbonyl (C=O) groups excluding carboxylic acids is 2. The van der Waals surface area contributed by atoms with Crippen molar-refractivity contribution in [1.29, 1.82) is 0 Å². The van der Waals surface area contributed by atoms with Gasteiger partial charge in [0.1, 0.15) is 4.75 Å². The van der Waals surface area contributed by atoms with E-state index in [1.807, 2.05) is 0 Å². The first kappa shape index (κ1) is 16.9. The largest absolute Gasteiger partial charge is 0.466 e. The molecule has 6 nitrogen and oxygen atoms in total. The average molecular weight is 305 g/mol. The van der Waals surface area contributed by atoms with Crippen LogP contribution in [0.15, 0.2) is 0 Å². The molecule has 1 saturated heterocycles. The van der Waals surface area contributed by atoms with Crippen molar-refractivity contribution in [2.75, 3.05) is 26.0 Å². The van der Waals surface area contributed by atoms with Crippen LogP contribution >= 0.6 is 0 Å². The maximum absolute atomic E-state index is 12.4. The predicted octanol–water partition coefficient (Wildman–Crippen LogP) is 0.611. The zero-order valence-corrected chi connectivity index (χ0v) is 13.3. The predicted molar refractivity (Wildman–Crippen MR) is 74.9 cm³/mol. The van der Waals surface area contributed by atoms with E-state index in [4.69, 9.17) is 4.74 Å². The van der Waals surface area contributed by atoms with Crippen molar-refractivity contribution in [3.05, 3.63) is 0 Å². The van der Waals surface area contributed by atoms with Crippen LogP contribution in [0.3, 0.4) is 0 Å². The SMILES string of the molecule is CCOC(=O)[C@@H]1CCCN(C(=O)C(C)(C)S(C)(=O)=O)C1. The van der Waals surface area contributed by atoms with E-state index >= 15 is 0 Å². The van der Waals surface area contributed by atoms with Crippen LogP contribution in [-0.2, 0) is 24.2 Å². The highest BCUT2D eigenvalue weighted by atomic mass is 32.2. The van der Waals surface area contributed by atoms with Crippen LogP contribution < -0.4 is 0 Å². The first-order chi connectivity index (χ1) is 9.11. The first-order valence-electron chi connectivity index (χ1n) is 6.77. The van der Waals surface area contributed by atoms with Crippen molar-refractivity contribution in [3.8, 4) is 0 Å². The Bertz CT molecular complexity index is 483. The van der Waals surface area contributed by atoms with Gasteiger partial charge >= 0.3 is 5.97 Å². The lowest BCUT2D eigenvalue weighted by atomic mass is 9.97. The van der Waals surface area contributed by atoms with E-state index in [1.165, 1.54) is 18.7 Å². The molecule has 7 heteroatoms. The number of hydrogen-bond donors (Lipinski definition) is 0. The summed E-state index contributed by atoms with van der Waals surface area (Å²) in [4.78, 5) is 25.6. The average Bonchev–Trinajstić information content (AvgIpc) is 2.37. The van der Waals surface area contributed by atoms with Gasteiger partial charge in [0, 0.05) is 19.3 Å². The van der Waals surface area contributed by atoms with E-state index in [1.54, 1.807) is 6.92 Å². The maximum atomic E-state index is 12.4. The Labute approximate surface area is 120 Å². The minimum absolute atomic E-state index is 0.233. The first-order valence-corrected chi connectivity index (χ1v) is 8.66. The van der Waals surface area contributed by atoms with Gasteiger partial charge in [-0.25, -0.2) is 8.42 Å². The number of sulfone groups is 1. The molecule has 0 unspecified atom stereocenters. The molecule has 20 heavy (non-hydrogen) atoms. The standard InChI is InChI=1S/C13H23NO5S/c1-5-19-11(15)10-7-6-8-14(9-10)12(16)13(2,3)20(4,17)18/h10H,5-9H2,1-4H3/t10-/m1/s1. The van der Waals surface area contributed by atoms with Gasteiger partial charge in [-0.3, -0.25) is 9.59 Å². The topological polar surface area (TPSA) is 80.8 Å². The summed E-state index contributed by atoms with van der Waals surface area (Å²) >= 11 is 0. The number of hydrogen-bond acceptors (Lipinski definition) is 5. The Hall–Kier alpha value is -1.11. The number of rotatable bonds is 4. The summed E-state index contributed by atoms with van der Waals surface area (Å²) in [6.07, 6.45) is 2.40. The number of nitrogens with zero attached hydrogens (tertiary/aromatic N) is 1. The molecular formula is C13H23NO5S. The summed E-state index contributed by atoms with van der Waals surface area (Å²) in [7, 11) is -3.51. The Morgan fingerprint density at radius 1 is 1.35 bits per heavy atom. The molecule has 1 atom stereocenters. The minimum atomic E-state index is -3.51. The number of amides is 1. The van der Waals surface area contributed by atoms with Gasteiger partial charge < -0.3 is 9.64 Å². The highest BCUT2D eigenvalue weighted by Gasteiger charge is 2.43. The Morgan fingerprint density at radius 2 is 1.95 bits per heavy atom. The highest BCUT2D eigenvalue weighted by molar-refractivity contribution is 7.92. The molecule has 1 heterocycles.